The fourth-order valence-electron chi connectivity index (χ4n) is 2.02. The summed E-state index contributed by atoms with van der Waals surface area (Å²) in [5, 5.41) is 12.4. The molecule has 2 N–H and O–H groups in total. The second kappa shape index (κ2) is 5.14. The predicted octanol–water partition coefficient (Wildman–Crippen LogP) is 0.752. The van der Waals surface area contributed by atoms with Gasteiger partial charge < -0.3 is 15.3 Å². The van der Waals surface area contributed by atoms with Crippen molar-refractivity contribution in [2.24, 2.45) is 0 Å². The molecule has 2 rings (SSSR count). The maximum absolute atomic E-state index is 11.1. The van der Waals surface area contributed by atoms with Gasteiger partial charge in [-0.25, -0.2) is 9.78 Å². The Morgan fingerprint density at radius 2 is 2.18 bits per heavy atom. The highest BCUT2D eigenvalue weighted by Crippen LogP contribution is 2.16. The third-order valence-corrected chi connectivity index (χ3v) is 2.99. The van der Waals surface area contributed by atoms with Gasteiger partial charge in [0.15, 0.2) is 5.69 Å². The summed E-state index contributed by atoms with van der Waals surface area (Å²) in [4.78, 5) is 17.5. The molecule has 0 bridgehead atoms. The lowest BCUT2D eigenvalue weighted by molar-refractivity contribution is 0.0689. The SMILES string of the molecule is CCc1ccc(N2CCNCC2)nc1C(=O)O. The van der Waals surface area contributed by atoms with E-state index in [0.717, 1.165) is 37.6 Å². The summed E-state index contributed by atoms with van der Waals surface area (Å²) in [7, 11) is 0. The van der Waals surface area contributed by atoms with Crippen molar-refractivity contribution in [1.29, 1.82) is 0 Å². The monoisotopic (exact) mass is 235 g/mol. The highest BCUT2D eigenvalue weighted by molar-refractivity contribution is 5.87. The second-order valence-corrected chi connectivity index (χ2v) is 4.07. The second-order valence-electron chi connectivity index (χ2n) is 4.07. The Hall–Kier alpha value is -1.62. The number of anilines is 1. The van der Waals surface area contributed by atoms with E-state index >= 15 is 0 Å². The molecule has 1 saturated heterocycles. The Morgan fingerprint density at radius 1 is 1.47 bits per heavy atom. The molecular weight excluding hydrogens is 218 g/mol. The Kier molecular flexibility index (Phi) is 3.58. The van der Waals surface area contributed by atoms with Gasteiger partial charge in [0.25, 0.3) is 0 Å². The quantitative estimate of drug-likeness (QED) is 0.809. The lowest BCUT2D eigenvalue weighted by Gasteiger charge is -2.28. The molecule has 0 atom stereocenters. The average molecular weight is 235 g/mol. The Labute approximate surface area is 100 Å². The number of hydrogen-bond acceptors (Lipinski definition) is 4. The molecule has 17 heavy (non-hydrogen) atoms. The average Bonchev–Trinajstić information content (AvgIpc) is 2.39. The molecule has 0 saturated carbocycles. The molecular formula is C12H17N3O2. The maximum atomic E-state index is 11.1. The van der Waals surface area contributed by atoms with Gasteiger partial charge in [0.1, 0.15) is 5.82 Å². The van der Waals surface area contributed by atoms with Crippen molar-refractivity contribution in [3.05, 3.63) is 23.4 Å². The van der Waals surface area contributed by atoms with E-state index in [-0.39, 0.29) is 5.69 Å². The van der Waals surface area contributed by atoms with Gasteiger partial charge in [-0.2, -0.15) is 0 Å². The molecule has 1 aromatic rings. The number of aromatic nitrogens is 1. The number of carbonyl (C=O) groups is 1. The van der Waals surface area contributed by atoms with Crippen molar-refractivity contribution >= 4 is 11.8 Å². The minimum atomic E-state index is -0.946. The van der Waals surface area contributed by atoms with Crippen LogP contribution in [-0.4, -0.2) is 42.2 Å². The van der Waals surface area contributed by atoms with Crippen LogP contribution in [0.3, 0.4) is 0 Å². The van der Waals surface area contributed by atoms with Crippen LogP contribution in [0, 0.1) is 0 Å². The van der Waals surface area contributed by atoms with Crippen LogP contribution in [0.5, 0.6) is 0 Å². The number of rotatable bonds is 3. The van der Waals surface area contributed by atoms with Crippen LogP contribution < -0.4 is 10.2 Å². The van der Waals surface area contributed by atoms with Gasteiger partial charge in [-0.15, -0.1) is 0 Å². The molecule has 0 aromatic carbocycles. The van der Waals surface area contributed by atoms with Crippen LogP contribution in [0.2, 0.25) is 0 Å². The summed E-state index contributed by atoms with van der Waals surface area (Å²) in [5.74, 6) is -0.181. The number of piperazine rings is 1. The molecule has 1 fully saturated rings. The lowest BCUT2D eigenvalue weighted by Crippen LogP contribution is -2.44. The van der Waals surface area contributed by atoms with E-state index in [2.05, 4.69) is 15.2 Å². The molecule has 0 amide bonds. The molecule has 1 aromatic heterocycles. The molecule has 0 aliphatic carbocycles. The van der Waals surface area contributed by atoms with Crippen LogP contribution in [0.1, 0.15) is 23.0 Å². The normalized spacial score (nSPS) is 15.9. The molecule has 1 aliphatic rings. The van der Waals surface area contributed by atoms with Crippen molar-refractivity contribution in [3.63, 3.8) is 0 Å². The molecule has 92 valence electrons. The van der Waals surface area contributed by atoms with Crippen LogP contribution >= 0.6 is 0 Å². The number of nitrogens with zero attached hydrogens (tertiary/aromatic N) is 2. The Balaban J connectivity index is 2.29. The van der Waals surface area contributed by atoms with Crippen LogP contribution in [0.25, 0.3) is 0 Å². The van der Waals surface area contributed by atoms with E-state index in [9.17, 15) is 4.79 Å². The molecule has 0 radical (unpaired) electrons. The summed E-state index contributed by atoms with van der Waals surface area (Å²) >= 11 is 0. The first-order valence-electron chi connectivity index (χ1n) is 5.91. The van der Waals surface area contributed by atoms with Gasteiger partial charge >= 0.3 is 5.97 Å². The standard InChI is InChI=1S/C12H17N3O2/c1-2-9-3-4-10(14-11(9)12(16)17)15-7-5-13-6-8-15/h3-4,13H,2,5-8H2,1H3,(H,16,17). The molecule has 1 aliphatic heterocycles. The van der Waals surface area contributed by atoms with Crippen molar-refractivity contribution in [2.45, 2.75) is 13.3 Å². The topological polar surface area (TPSA) is 65.5 Å². The van der Waals surface area contributed by atoms with Crippen molar-refractivity contribution < 1.29 is 9.90 Å². The van der Waals surface area contributed by atoms with Gasteiger partial charge in [0, 0.05) is 26.2 Å². The van der Waals surface area contributed by atoms with E-state index < -0.39 is 5.97 Å². The third kappa shape index (κ3) is 2.55. The van der Waals surface area contributed by atoms with Crippen molar-refractivity contribution in [2.75, 3.05) is 31.1 Å². The number of aryl methyl sites for hydroxylation is 1. The first-order chi connectivity index (χ1) is 8.22. The van der Waals surface area contributed by atoms with Crippen molar-refractivity contribution in [1.82, 2.24) is 10.3 Å². The Morgan fingerprint density at radius 3 is 2.76 bits per heavy atom. The van der Waals surface area contributed by atoms with Gasteiger partial charge in [-0.3, -0.25) is 0 Å². The van der Waals surface area contributed by atoms with Crippen molar-refractivity contribution in [3.8, 4) is 0 Å². The predicted molar refractivity (Wildman–Crippen MR) is 65.7 cm³/mol. The van der Waals surface area contributed by atoms with Gasteiger partial charge in [-0.1, -0.05) is 13.0 Å². The minimum Gasteiger partial charge on any atom is -0.477 e. The van der Waals surface area contributed by atoms with Crippen LogP contribution in [-0.2, 0) is 6.42 Å². The molecule has 5 nitrogen and oxygen atoms in total. The molecule has 0 unspecified atom stereocenters. The number of aromatic carboxylic acids is 1. The number of carboxylic acids is 1. The van der Waals surface area contributed by atoms with E-state index in [0.29, 0.717) is 6.42 Å². The molecule has 5 heteroatoms. The molecule has 2 heterocycles. The lowest BCUT2D eigenvalue weighted by atomic mass is 10.1. The van der Waals surface area contributed by atoms with Gasteiger partial charge in [-0.05, 0) is 18.1 Å². The number of pyridine rings is 1. The fraction of sp³-hybridized carbons (Fsp3) is 0.500. The van der Waals surface area contributed by atoms with Crippen LogP contribution in [0.15, 0.2) is 12.1 Å². The zero-order valence-electron chi connectivity index (χ0n) is 9.94. The number of nitrogens with one attached hydrogen (secondary N) is 1. The first kappa shape index (κ1) is 11.9. The van der Waals surface area contributed by atoms with E-state index in [1.807, 2.05) is 19.1 Å². The van der Waals surface area contributed by atoms with Gasteiger partial charge in [0.2, 0.25) is 0 Å². The smallest absolute Gasteiger partial charge is 0.354 e. The van der Waals surface area contributed by atoms with E-state index in [1.54, 1.807) is 0 Å². The van der Waals surface area contributed by atoms with Gasteiger partial charge in [0.05, 0.1) is 0 Å². The highest BCUT2D eigenvalue weighted by Gasteiger charge is 2.16. The molecule has 0 spiro atoms. The summed E-state index contributed by atoms with van der Waals surface area (Å²) < 4.78 is 0. The van der Waals surface area contributed by atoms with Crippen LogP contribution in [0.4, 0.5) is 5.82 Å². The zero-order chi connectivity index (χ0) is 12.3. The minimum absolute atomic E-state index is 0.184. The summed E-state index contributed by atoms with van der Waals surface area (Å²) in [6.07, 6.45) is 0.691. The summed E-state index contributed by atoms with van der Waals surface area (Å²) in [5.41, 5.74) is 0.972. The number of carboxylic acid groups (broad SMARTS) is 1. The number of hydrogen-bond donors (Lipinski definition) is 2. The Bertz CT molecular complexity index is 414. The fourth-order valence-corrected chi connectivity index (χ4v) is 2.02. The van der Waals surface area contributed by atoms with E-state index in [1.165, 1.54) is 0 Å². The highest BCUT2D eigenvalue weighted by atomic mass is 16.4. The zero-order valence-corrected chi connectivity index (χ0v) is 9.94. The third-order valence-electron chi connectivity index (χ3n) is 2.99. The summed E-state index contributed by atoms with van der Waals surface area (Å²) in [6, 6.07) is 3.78. The van der Waals surface area contributed by atoms with E-state index in [4.69, 9.17) is 5.11 Å². The largest absolute Gasteiger partial charge is 0.477 e. The first-order valence-corrected chi connectivity index (χ1v) is 5.91. The maximum Gasteiger partial charge on any atom is 0.354 e. The summed E-state index contributed by atoms with van der Waals surface area (Å²) in [6.45, 7) is 5.52.